The number of imidazole rings is 1. The van der Waals surface area contributed by atoms with Gasteiger partial charge >= 0.3 is 0 Å². The maximum Gasteiger partial charge on any atom is 0.174 e. The molecule has 0 radical (unpaired) electrons. The highest BCUT2D eigenvalue weighted by molar-refractivity contribution is 7.99. The molecule has 0 bridgehead atoms. The van der Waals surface area contributed by atoms with Crippen LogP contribution in [0.1, 0.15) is 18.3 Å². The number of aromatic nitrogens is 4. The van der Waals surface area contributed by atoms with Crippen molar-refractivity contribution in [3.8, 4) is 0 Å². The van der Waals surface area contributed by atoms with Crippen molar-refractivity contribution in [1.29, 1.82) is 0 Å². The van der Waals surface area contributed by atoms with Gasteiger partial charge in [0.15, 0.2) is 5.16 Å². The van der Waals surface area contributed by atoms with Gasteiger partial charge in [-0.25, -0.2) is 15.0 Å². The average Bonchev–Trinajstić information content (AvgIpc) is 2.70. The van der Waals surface area contributed by atoms with Crippen LogP contribution in [0.15, 0.2) is 22.6 Å². The van der Waals surface area contributed by atoms with Crippen molar-refractivity contribution >= 4 is 23.4 Å². The first-order valence-corrected chi connectivity index (χ1v) is 6.49. The highest BCUT2D eigenvalue weighted by Crippen LogP contribution is 2.29. The third kappa shape index (κ3) is 2.61. The molecule has 0 spiro atoms. The molecule has 4 nitrogen and oxygen atoms in total. The lowest BCUT2D eigenvalue weighted by atomic mass is 10.3. The second-order valence-electron chi connectivity index (χ2n) is 3.64. The molecule has 0 fully saturated rings. The van der Waals surface area contributed by atoms with Crippen LogP contribution >= 0.6 is 23.4 Å². The van der Waals surface area contributed by atoms with Gasteiger partial charge in [-0.1, -0.05) is 18.5 Å². The Labute approximate surface area is 109 Å². The van der Waals surface area contributed by atoms with Gasteiger partial charge in [0.25, 0.3) is 0 Å². The second kappa shape index (κ2) is 5.06. The maximum absolute atomic E-state index is 6.09. The molecule has 0 aromatic carbocycles. The number of rotatable bonds is 3. The quantitative estimate of drug-likeness (QED) is 0.803. The zero-order valence-electron chi connectivity index (χ0n) is 9.94. The number of aryl methyl sites for hydroxylation is 2. The molecule has 6 heteroatoms. The highest BCUT2D eigenvalue weighted by Gasteiger charge is 2.12. The number of hydrogen-bond donors (Lipinski definition) is 0. The van der Waals surface area contributed by atoms with E-state index in [0.29, 0.717) is 5.15 Å². The summed E-state index contributed by atoms with van der Waals surface area (Å²) in [5, 5.41) is 2.29. The van der Waals surface area contributed by atoms with Gasteiger partial charge in [-0.15, -0.1) is 0 Å². The Balaban J connectivity index is 2.38. The van der Waals surface area contributed by atoms with Gasteiger partial charge in [0.1, 0.15) is 16.0 Å². The van der Waals surface area contributed by atoms with Crippen LogP contribution in [0.4, 0.5) is 0 Å². The normalized spacial score (nSPS) is 10.8. The molecule has 0 saturated heterocycles. The minimum absolute atomic E-state index is 0.522. The number of halogens is 1. The first-order chi connectivity index (χ1) is 8.11. The Morgan fingerprint density at radius 1 is 1.41 bits per heavy atom. The fourth-order valence-electron chi connectivity index (χ4n) is 1.31. The van der Waals surface area contributed by atoms with Gasteiger partial charge in [-0.3, -0.25) is 0 Å². The molecular weight excluding hydrogens is 256 g/mol. The van der Waals surface area contributed by atoms with E-state index in [2.05, 4.69) is 15.0 Å². The molecule has 2 aromatic heterocycles. The summed E-state index contributed by atoms with van der Waals surface area (Å²) in [6.07, 6.45) is 4.44. The molecule has 0 aliphatic heterocycles. The largest absolute Gasteiger partial charge is 0.329 e. The van der Waals surface area contributed by atoms with Gasteiger partial charge in [0.05, 0.1) is 0 Å². The molecule has 0 aliphatic rings. The average molecular weight is 269 g/mol. The van der Waals surface area contributed by atoms with Crippen LogP contribution in [0.3, 0.4) is 0 Å². The highest BCUT2D eigenvalue weighted by atomic mass is 35.5. The topological polar surface area (TPSA) is 43.6 Å². The summed E-state index contributed by atoms with van der Waals surface area (Å²) < 4.78 is 1.95. The lowest BCUT2D eigenvalue weighted by molar-refractivity contribution is 0.785. The van der Waals surface area contributed by atoms with E-state index in [1.54, 1.807) is 6.20 Å². The van der Waals surface area contributed by atoms with Crippen molar-refractivity contribution in [3.05, 3.63) is 28.9 Å². The summed E-state index contributed by atoms with van der Waals surface area (Å²) in [6, 6.07) is 0. The summed E-state index contributed by atoms with van der Waals surface area (Å²) >= 11 is 7.59. The van der Waals surface area contributed by atoms with Crippen LogP contribution < -0.4 is 0 Å². The SMILES string of the molecule is CCc1nc(Cl)c(C)c(Sc2nccn2C)n1. The van der Waals surface area contributed by atoms with Crippen molar-refractivity contribution < 1.29 is 0 Å². The summed E-state index contributed by atoms with van der Waals surface area (Å²) in [7, 11) is 1.95. The van der Waals surface area contributed by atoms with Gasteiger partial charge in [0.2, 0.25) is 0 Å². The molecule has 0 aliphatic carbocycles. The van der Waals surface area contributed by atoms with Crippen molar-refractivity contribution in [3.63, 3.8) is 0 Å². The maximum atomic E-state index is 6.09. The van der Waals surface area contributed by atoms with E-state index in [0.717, 1.165) is 28.0 Å². The number of hydrogen-bond acceptors (Lipinski definition) is 4. The summed E-state index contributed by atoms with van der Waals surface area (Å²) in [5.41, 5.74) is 0.900. The van der Waals surface area contributed by atoms with Crippen molar-refractivity contribution in [2.24, 2.45) is 7.05 Å². The molecule has 2 aromatic rings. The molecule has 0 atom stereocenters. The monoisotopic (exact) mass is 268 g/mol. The Bertz CT molecular complexity index is 538. The standard InChI is InChI=1S/C11H13ClN4S/c1-4-8-14-9(12)7(2)10(15-8)17-11-13-5-6-16(11)3/h5-6H,4H2,1-3H3. The second-order valence-corrected chi connectivity index (χ2v) is 4.95. The van der Waals surface area contributed by atoms with Crippen molar-refractivity contribution in [2.75, 3.05) is 0 Å². The Morgan fingerprint density at radius 2 is 2.18 bits per heavy atom. The fraction of sp³-hybridized carbons (Fsp3) is 0.364. The summed E-state index contributed by atoms with van der Waals surface area (Å²) in [5.74, 6) is 0.761. The van der Waals surface area contributed by atoms with E-state index >= 15 is 0 Å². The predicted molar refractivity (Wildman–Crippen MR) is 68.5 cm³/mol. The summed E-state index contributed by atoms with van der Waals surface area (Å²) in [6.45, 7) is 3.93. The van der Waals surface area contributed by atoms with E-state index in [4.69, 9.17) is 11.6 Å². The van der Waals surface area contributed by atoms with E-state index in [-0.39, 0.29) is 0 Å². The Morgan fingerprint density at radius 3 is 2.76 bits per heavy atom. The zero-order chi connectivity index (χ0) is 12.4. The summed E-state index contributed by atoms with van der Waals surface area (Å²) in [4.78, 5) is 13.0. The van der Waals surface area contributed by atoms with Gasteiger partial charge in [-0.2, -0.15) is 0 Å². The van der Waals surface area contributed by atoms with Crippen LogP contribution in [0, 0.1) is 6.92 Å². The van der Waals surface area contributed by atoms with Gasteiger partial charge < -0.3 is 4.57 Å². The molecule has 90 valence electrons. The van der Waals surface area contributed by atoms with Crippen molar-refractivity contribution in [2.45, 2.75) is 30.5 Å². The van der Waals surface area contributed by atoms with E-state index in [9.17, 15) is 0 Å². The number of nitrogens with zero attached hydrogens (tertiary/aromatic N) is 4. The van der Waals surface area contributed by atoms with Gasteiger partial charge in [0, 0.05) is 31.4 Å². The van der Waals surface area contributed by atoms with E-state index in [1.165, 1.54) is 11.8 Å². The molecule has 0 amide bonds. The molecule has 2 rings (SSSR count). The molecule has 17 heavy (non-hydrogen) atoms. The van der Waals surface area contributed by atoms with Gasteiger partial charge in [-0.05, 0) is 18.7 Å². The van der Waals surface area contributed by atoms with Crippen molar-refractivity contribution in [1.82, 2.24) is 19.5 Å². The minimum atomic E-state index is 0.522. The first-order valence-electron chi connectivity index (χ1n) is 5.30. The van der Waals surface area contributed by atoms with Crippen LogP contribution in [-0.2, 0) is 13.5 Å². The van der Waals surface area contributed by atoms with E-state index in [1.807, 2.05) is 31.7 Å². The predicted octanol–water partition coefficient (Wildman–Crippen LogP) is 2.89. The third-order valence-electron chi connectivity index (χ3n) is 2.37. The molecule has 2 heterocycles. The smallest absolute Gasteiger partial charge is 0.174 e. The van der Waals surface area contributed by atoms with E-state index < -0.39 is 0 Å². The molecule has 0 N–H and O–H groups in total. The van der Waals surface area contributed by atoms with Crippen LogP contribution in [0.2, 0.25) is 5.15 Å². The molecule has 0 unspecified atom stereocenters. The van der Waals surface area contributed by atoms with Crippen LogP contribution in [-0.4, -0.2) is 19.5 Å². The lowest BCUT2D eigenvalue weighted by Gasteiger charge is -2.07. The fourth-order valence-corrected chi connectivity index (χ4v) is 2.44. The Hall–Kier alpha value is -1.07. The molecular formula is C11H13ClN4S. The van der Waals surface area contributed by atoms with Crippen LogP contribution in [0.5, 0.6) is 0 Å². The minimum Gasteiger partial charge on any atom is -0.329 e. The first kappa shape index (κ1) is 12.4. The Kier molecular flexibility index (Phi) is 3.69. The zero-order valence-corrected chi connectivity index (χ0v) is 11.5. The van der Waals surface area contributed by atoms with Crippen LogP contribution in [0.25, 0.3) is 0 Å². The molecule has 0 saturated carbocycles. The third-order valence-corrected chi connectivity index (χ3v) is 3.90. The lowest BCUT2D eigenvalue weighted by Crippen LogP contribution is -1.99.